The van der Waals surface area contributed by atoms with E-state index in [9.17, 15) is 13.8 Å². The molecule has 0 aliphatic carbocycles. The molecular formula is C13H17NO4S. The summed E-state index contributed by atoms with van der Waals surface area (Å²) in [7, 11) is 1.43. The highest BCUT2D eigenvalue weighted by Crippen LogP contribution is 2.20. The molecule has 104 valence electrons. The zero-order valence-corrected chi connectivity index (χ0v) is 12.0. The number of benzene rings is 1. The van der Waals surface area contributed by atoms with Crippen LogP contribution < -0.4 is 10.1 Å². The van der Waals surface area contributed by atoms with Gasteiger partial charge in [0.15, 0.2) is 5.78 Å². The van der Waals surface area contributed by atoms with Crippen LogP contribution in [0.25, 0.3) is 0 Å². The summed E-state index contributed by atoms with van der Waals surface area (Å²) in [6.07, 6.45) is 0. The Balaban J connectivity index is 2.78. The number of Topliss-reactive ketones (excluding diaryl/α,β-unsaturated/α-hetero) is 1. The molecule has 1 unspecified atom stereocenters. The van der Waals surface area contributed by atoms with Crippen LogP contribution in [0.15, 0.2) is 18.2 Å². The van der Waals surface area contributed by atoms with Gasteiger partial charge >= 0.3 is 0 Å². The van der Waals surface area contributed by atoms with E-state index in [0.717, 1.165) is 5.56 Å². The Labute approximate surface area is 114 Å². The first-order chi connectivity index (χ1) is 8.97. The monoisotopic (exact) mass is 283 g/mol. The van der Waals surface area contributed by atoms with E-state index in [1.54, 1.807) is 18.2 Å². The number of carbonyl (C=O) groups is 2. The van der Waals surface area contributed by atoms with Crippen molar-refractivity contribution in [2.45, 2.75) is 6.92 Å². The van der Waals surface area contributed by atoms with E-state index in [0.29, 0.717) is 11.3 Å². The SMILES string of the molecule is CNC(=O)CS(=O)CC(=O)c1ccc(C)cc1OC. The number of rotatable bonds is 6. The molecule has 1 amide bonds. The van der Waals surface area contributed by atoms with Gasteiger partial charge in [-0.05, 0) is 24.6 Å². The van der Waals surface area contributed by atoms with E-state index in [4.69, 9.17) is 4.74 Å². The average molecular weight is 283 g/mol. The van der Waals surface area contributed by atoms with Crippen LogP contribution in [0.4, 0.5) is 0 Å². The number of ether oxygens (including phenoxy) is 1. The Kier molecular flexibility index (Phi) is 5.69. The summed E-state index contributed by atoms with van der Waals surface area (Å²) >= 11 is 0. The number of carbonyl (C=O) groups excluding carboxylic acids is 2. The molecule has 19 heavy (non-hydrogen) atoms. The third-order valence-electron chi connectivity index (χ3n) is 2.52. The van der Waals surface area contributed by atoms with Crippen molar-refractivity contribution in [3.05, 3.63) is 29.3 Å². The summed E-state index contributed by atoms with van der Waals surface area (Å²) in [5.41, 5.74) is 1.36. The minimum absolute atomic E-state index is 0.170. The van der Waals surface area contributed by atoms with Crippen LogP contribution in [0, 0.1) is 6.92 Å². The predicted octanol–water partition coefficient (Wildman–Crippen LogP) is 0.681. The maximum atomic E-state index is 12.0. The summed E-state index contributed by atoms with van der Waals surface area (Å²) in [5, 5.41) is 2.37. The first-order valence-corrected chi connectivity index (χ1v) is 7.20. The minimum atomic E-state index is -1.51. The number of ketones is 1. The lowest BCUT2D eigenvalue weighted by atomic mass is 10.1. The zero-order chi connectivity index (χ0) is 14.4. The topological polar surface area (TPSA) is 72.5 Å². The fourth-order valence-corrected chi connectivity index (χ4v) is 2.51. The van der Waals surface area contributed by atoms with Gasteiger partial charge < -0.3 is 10.1 Å². The Morgan fingerprint density at radius 3 is 2.58 bits per heavy atom. The standard InChI is InChI=1S/C13H17NO4S/c1-9-4-5-10(12(6-9)18-3)11(15)7-19(17)8-13(16)14-2/h4-6H,7-8H2,1-3H3,(H,14,16). The summed E-state index contributed by atoms with van der Waals surface area (Å²) in [6, 6.07) is 5.18. The molecule has 1 N–H and O–H groups in total. The van der Waals surface area contributed by atoms with E-state index < -0.39 is 10.8 Å². The Bertz CT molecular complexity index is 513. The molecule has 1 aromatic carbocycles. The van der Waals surface area contributed by atoms with Crippen LogP contribution in [-0.4, -0.2) is 41.6 Å². The lowest BCUT2D eigenvalue weighted by Gasteiger charge is -2.08. The fraction of sp³-hybridized carbons (Fsp3) is 0.385. The Hall–Kier alpha value is -1.69. The molecule has 0 aromatic heterocycles. The van der Waals surface area contributed by atoms with E-state index in [1.165, 1.54) is 14.2 Å². The van der Waals surface area contributed by atoms with E-state index in [2.05, 4.69) is 5.32 Å². The van der Waals surface area contributed by atoms with Gasteiger partial charge in [0.05, 0.1) is 18.4 Å². The largest absolute Gasteiger partial charge is 0.496 e. The molecule has 0 saturated carbocycles. The first kappa shape index (κ1) is 15.4. The van der Waals surface area contributed by atoms with Crippen molar-refractivity contribution in [3.8, 4) is 5.75 Å². The maximum absolute atomic E-state index is 12.0. The molecule has 0 aliphatic rings. The van der Waals surface area contributed by atoms with Crippen molar-refractivity contribution in [3.63, 3.8) is 0 Å². The van der Waals surface area contributed by atoms with Crippen LogP contribution >= 0.6 is 0 Å². The molecule has 0 fully saturated rings. The number of hydrogen-bond acceptors (Lipinski definition) is 4. The van der Waals surface area contributed by atoms with E-state index in [1.807, 2.05) is 6.92 Å². The molecule has 1 aromatic rings. The molecule has 0 aliphatic heterocycles. The highest BCUT2D eigenvalue weighted by atomic mass is 32.2. The predicted molar refractivity (Wildman–Crippen MR) is 74.0 cm³/mol. The average Bonchev–Trinajstić information content (AvgIpc) is 2.37. The number of methoxy groups -OCH3 is 1. The molecule has 1 rings (SSSR count). The van der Waals surface area contributed by atoms with Crippen molar-refractivity contribution < 1.29 is 18.5 Å². The van der Waals surface area contributed by atoms with Gasteiger partial charge in [0.25, 0.3) is 0 Å². The van der Waals surface area contributed by atoms with Crippen molar-refractivity contribution in [2.24, 2.45) is 0 Å². The lowest BCUT2D eigenvalue weighted by Crippen LogP contribution is -2.27. The van der Waals surface area contributed by atoms with Crippen LogP contribution in [-0.2, 0) is 15.6 Å². The van der Waals surface area contributed by atoms with Gasteiger partial charge in [-0.1, -0.05) is 6.07 Å². The smallest absolute Gasteiger partial charge is 0.232 e. The van der Waals surface area contributed by atoms with Gasteiger partial charge in [0, 0.05) is 17.8 Å². The molecule has 0 heterocycles. The second-order valence-electron chi connectivity index (χ2n) is 4.03. The molecular weight excluding hydrogens is 266 g/mol. The second-order valence-corrected chi connectivity index (χ2v) is 5.49. The second kappa shape index (κ2) is 7.04. The lowest BCUT2D eigenvalue weighted by molar-refractivity contribution is -0.118. The Morgan fingerprint density at radius 1 is 1.32 bits per heavy atom. The van der Waals surface area contributed by atoms with Crippen molar-refractivity contribution >= 4 is 22.5 Å². The number of amides is 1. The quantitative estimate of drug-likeness (QED) is 0.779. The van der Waals surface area contributed by atoms with Gasteiger partial charge in [-0.2, -0.15) is 0 Å². The van der Waals surface area contributed by atoms with Gasteiger partial charge in [-0.15, -0.1) is 0 Å². The molecule has 0 radical (unpaired) electrons. The number of aryl methyl sites for hydroxylation is 1. The fourth-order valence-electron chi connectivity index (χ4n) is 1.52. The molecule has 0 saturated heterocycles. The van der Waals surface area contributed by atoms with E-state index >= 15 is 0 Å². The number of nitrogens with one attached hydrogen (secondary N) is 1. The van der Waals surface area contributed by atoms with E-state index in [-0.39, 0.29) is 23.2 Å². The van der Waals surface area contributed by atoms with Gasteiger partial charge in [-0.3, -0.25) is 13.8 Å². The van der Waals surface area contributed by atoms with Crippen molar-refractivity contribution in [1.82, 2.24) is 5.32 Å². The van der Waals surface area contributed by atoms with Crippen LogP contribution in [0.1, 0.15) is 15.9 Å². The maximum Gasteiger partial charge on any atom is 0.232 e. The van der Waals surface area contributed by atoms with Gasteiger partial charge in [0.2, 0.25) is 5.91 Å². The summed E-state index contributed by atoms with van der Waals surface area (Å²) < 4.78 is 16.8. The van der Waals surface area contributed by atoms with Crippen LogP contribution in [0.3, 0.4) is 0 Å². The highest BCUT2D eigenvalue weighted by Gasteiger charge is 2.16. The molecule has 0 bridgehead atoms. The van der Waals surface area contributed by atoms with Crippen molar-refractivity contribution in [1.29, 1.82) is 0 Å². The van der Waals surface area contributed by atoms with Gasteiger partial charge in [0.1, 0.15) is 11.5 Å². The normalized spacial score (nSPS) is 11.7. The minimum Gasteiger partial charge on any atom is -0.496 e. The Morgan fingerprint density at radius 2 is 2.00 bits per heavy atom. The van der Waals surface area contributed by atoms with Crippen molar-refractivity contribution in [2.75, 3.05) is 25.7 Å². The molecule has 6 heteroatoms. The third kappa shape index (κ3) is 4.48. The van der Waals surface area contributed by atoms with Crippen LogP contribution in [0.2, 0.25) is 0 Å². The number of hydrogen-bond donors (Lipinski definition) is 1. The molecule has 1 atom stereocenters. The van der Waals surface area contributed by atoms with Gasteiger partial charge in [-0.25, -0.2) is 0 Å². The molecule has 5 nitrogen and oxygen atoms in total. The first-order valence-electron chi connectivity index (χ1n) is 5.71. The summed E-state index contributed by atoms with van der Waals surface area (Å²) in [5.74, 6) is -0.536. The third-order valence-corrected chi connectivity index (χ3v) is 3.69. The molecule has 0 spiro atoms. The summed E-state index contributed by atoms with van der Waals surface area (Å²) in [6.45, 7) is 1.89. The zero-order valence-electron chi connectivity index (χ0n) is 11.2. The summed E-state index contributed by atoms with van der Waals surface area (Å²) in [4.78, 5) is 23.1. The highest BCUT2D eigenvalue weighted by molar-refractivity contribution is 7.86. The van der Waals surface area contributed by atoms with Crippen LogP contribution in [0.5, 0.6) is 5.75 Å².